The number of carbonyl (C=O) groups excluding carboxylic acids is 2. The van der Waals surface area contributed by atoms with Gasteiger partial charge in [0.25, 0.3) is 0 Å². The van der Waals surface area contributed by atoms with E-state index in [1.807, 2.05) is 24.3 Å². The van der Waals surface area contributed by atoms with Crippen LogP contribution in [0.2, 0.25) is 0 Å². The first kappa shape index (κ1) is 15.2. The van der Waals surface area contributed by atoms with Crippen LogP contribution in [0.25, 0.3) is 0 Å². The first-order chi connectivity index (χ1) is 11.2. The topological polar surface area (TPSA) is 75.6 Å². The Morgan fingerprint density at radius 2 is 1.87 bits per heavy atom. The molecule has 2 aromatic rings. The summed E-state index contributed by atoms with van der Waals surface area (Å²) in [6.45, 7) is 0.0954. The van der Waals surface area contributed by atoms with Gasteiger partial charge in [0.15, 0.2) is 0 Å². The molecule has 118 valence electrons. The van der Waals surface area contributed by atoms with Crippen molar-refractivity contribution in [3.63, 3.8) is 0 Å². The van der Waals surface area contributed by atoms with Crippen LogP contribution in [0.5, 0.6) is 0 Å². The fourth-order valence-corrected chi connectivity index (χ4v) is 2.64. The second kappa shape index (κ2) is 6.62. The number of carbonyl (C=O) groups is 2. The molecule has 0 spiro atoms. The minimum atomic E-state index is -0.535. The van der Waals surface area contributed by atoms with Crippen LogP contribution >= 0.6 is 0 Å². The summed E-state index contributed by atoms with van der Waals surface area (Å²) in [6, 6.07) is 14.4. The molecule has 2 aromatic carbocycles. The van der Waals surface area contributed by atoms with Crippen molar-refractivity contribution < 1.29 is 19.4 Å². The van der Waals surface area contributed by atoms with Gasteiger partial charge in [0.2, 0.25) is 5.91 Å². The number of esters is 1. The quantitative estimate of drug-likeness (QED) is 0.832. The number of cyclic esters (lactones) is 1. The molecule has 1 atom stereocenters. The average molecular weight is 311 g/mol. The highest BCUT2D eigenvalue weighted by Gasteiger charge is 2.31. The maximum absolute atomic E-state index is 12.2. The first-order valence-corrected chi connectivity index (χ1v) is 7.47. The number of aliphatic hydroxyl groups excluding tert-OH is 1. The van der Waals surface area contributed by atoms with Crippen molar-refractivity contribution in [2.75, 3.05) is 11.9 Å². The summed E-state index contributed by atoms with van der Waals surface area (Å²) in [4.78, 5) is 23.9. The number of benzene rings is 2. The molecule has 0 aromatic heterocycles. The van der Waals surface area contributed by atoms with Gasteiger partial charge in [-0.25, -0.2) is 4.79 Å². The monoisotopic (exact) mass is 311 g/mol. The number of hydrogen-bond acceptors (Lipinski definition) is 4. The lowest BCUT2D eigenvalue weighted by molar-refractivity contribution is -0.118. The Bertz CT molecular complexity index is 724. The van der Waals surface area contributed by atoms with Crippen molar-refractivity contribution in [1.82, 2.24) is 0 Å². The third-order valence-corrected chi connectivity index (χ3v) is 3.79. The minimum absolute atomic E-state index is 0.0845. The van der Waals surface area contributed by atoms with Crippen molar-refractivity contribution in [3.8, 4) is 0 Å². The Hall–Kier alpha value is -2.66. The van der Waals surface area contributed by atoms with Crippen molar-refractivity contribution in [2.24, 2.45) is 0 Å². The number of anilines is 1. The summed E-state index contributed by atoms with van der Waals surface area (Å²) < 4.78 is 5.26. The molecule has 0 saturated carbocycles. The SMILES string of the molecule is O=C(CC1OC(=O)c2ccccc21)Nc1ccc(CCO)cc1. The Morgan fingerprint density at radius 1 is 1.13 bits per heavy atom. The van der Waals surface area contributed by atoms with E-state index >= 15 is 0 Å². The van der Waals surface area contributed by atoms with E-state index < -0.39 is 6.10 Å². The third kappa shape index (κ3) is 3.40. The van der Waals surface area contributed by atoms with Crippen LogP contribution in [0, 0.1) is 0 Å². The van der Waals surface area contributed by atoms with Crippen LogP contribution < -0.4 is 5.32 Å². The summed E-state index contributed by atoms with van der Waals surface area (Å²) in [7, 11) is 0. The maximum atomic E-state index is 12.2. The molecule has 0 saturated heterocycles. The van der Waals surface area contributed by atoms with Gasteiger partial charge in [-0.2, -0.15) is 0 Å². The summed E-state index contributed by atoms with van der Waals surface area (Å²) in [5, 5.41) is 11.7. The average Bonchev–Trinajstić information content (AvgIpc) is 2.86. The number of amides is 1. The van der Waals surface area contributed by atoms with Crippen LogP contribution in [0.3, 0.4) is 0 Å². The normalized spacial score (nSPS) is 15.9. The molecular formula is C18H17NO4. The highest BCUT2D eigenvalue weighted by Crippen LogP contribution is 2.32. The molecule has 1 unspecified atom stereocenters. The summed E-state index contributed by atoms with van der Waals surface area (Å²) in [5.74, 6) is -0.596. The standard InChI is InChI=1S/C18H17NO4/c20-10-9-12-5-7-13(8-6-12)19-17(21)11-16-14-3-1-2-4-15(14)18(22)23-16/h1-8,16,20H,9-11H2,(H,19,21). The Balaban J connectivity index is 1.63. The summed E-state index contributed by atoms with van der Waals surface area (Å²) in [5.41, 5.74) is 2.96. The van der Waals surface area contributed by atoms with Gasteiger partial charge in [0.1, 0.15) is 6.10 Å². The molecule has 1 heterocycles. The molecule has 3 rings (SSSR count). The molecule has 1 amide bonds. The molecular weight excluding hydrogens is 294 g/mol. The summed E-state index contributed by atoms with van der Waals surface area (Å²) >= 11 is 0. The van der Waals surface area contributed by atoms with Gasteiger partial charge in [-0.1, -0.05) is 30.3 Å². The van der Waals surface area contributed by atoms with E-state index in [0.717, 1.165) is 11.1 Å². The highest BCUT2D eigenvalue weighted by atomic mass is 16.5. The van der Waals surface area contributed by atoms with E-state index in [-0.39, 0.29) is 24.9 Å². The van der Waals surface area contributed by atoms with Crippen LogP contribution in [0.4, 0.5) is 5.69 Å². The zero-order chi connectivity index (χ0) is 16.2. The van der Waals surface area contributed by atoms with Gasteiger partial charge in [-0.05, 0) is 30.2 Å². The Kier molecular flexibility index (Phi) is 4.39. The van der Waals surface area contributed by atoms with E-state index in [1.54, 1.807) is 24.3 Å². The Labute approximate surface area is 133 Å². The number of fused-ring (bicyclic) bond motifs is 1. The van der Waals surface area contributed by atoms with Gasteiger partial charge in [-0.3, -0.25) is 4.79 Å². The second-order valence-electron chi connectivity index (χ2n) is 5.40. The number of ether oxygens (including phenoxy) is 1. The van der Waals surface area contributed by atoms with Crippen molar-refractivity contribution in [3.05, 3.63) is 65.2 Å². The van der Waals surface area contributed by atoms with Crippen LogP contribution in [-0.4, -0.2) is 23.6 Å². The molecule has 1 aliphatic heterocycles. The predicted molar refractivity (Wildman–Crippen MR) is 85.1 cm³/mol. The second-order valence-corrected chi connectivity index (χ2v) is 5.40. The molecule has 2 N–H and O–H groups in total. The van der Waals surface area contributed by atoms with E-state index in [2.05, 4.69) is 5.32 Å². The fourth-order valence-electron chi connectivity index (χ4n) is 2.64. The predicted octanol–water partition coefficient (Wildman–Crippen LogP) is 2.46. The third-order valence-electron chi connectivity index (χ3n) is 3.79. The molecule has 0 aliphatic carbocycles. The maximum Gasteiger partial charge on any atom is 0.339 e. The van der Waals surface area contributed by atoms with Crippen molar-refractivity contribution >= 4 is 17.6 Å². The zero-order valence-corrected chi connectivity index (χ0v) is 12.5. The van der Waals surface area contributed by atoms with E-state index in [0.29, 0.717) is 17.7 Å². The molecule has 0 radical (unpaired) electrons. The molecule has 0 bridgehead atoms. The number of hydrogen-bond donors (Lipinski definition) is 2. The fraction of sp³-hybridized carbons (Fsp3) is 0.222. The summed E-state index contributed by atoms with van der Waals surface area (Å²) in [6.07, 6.45) is 0.136. The van der Waals surface area contributed by atoms with Crippen LogP contribution in [0.15, 0.2) is 48.5 Å². The minimum Gasteiger partial charge on any atom is -0.453 e. The van der Waals surface area contributed by atoms with E-state index in [4.69, 9.17) is 9.84 Å². The highest BCUT2D eigenvalue weighted by molar-refractivity contribution is 5.96. The largest absolute Gasteiger partial charge is 0.453 e. The van der Waals surface area contributed by atoms with Gasteiger partial charge >= 0.3 is 5.97 Å². The Morgan fingerprint density at radius 3 is 2.61 bits per heavy atom. The lowest BCUT2D eigenvalue weighted by Crippen LogP contribution is -2.15. The molecule has 23 heavy (non-hydrogen) atoms. The lowest BCUT2D eigenvalue weighted by Gasteiger charge is -2.11. The van der Waals surface area contributed by atoms with Gasteiger partial charge < -0.3 is 15.2 Å². The van der Waals surface area contributed by atoms with Gasteiger partial charge in [0, 0.05) is 17.9 Å². The van der Waals surface area contributed by atoms with Crippen LogP contribution in [-0.2, 0) is 16.0 Å². The van der Waals surface area contributed by atoms with Gasteiger partial charge in [-0.15, -0.1) is 0 Å². The molecule has 0 fully saturated rings. The number of aliphatic hydroxyl groups is 1. The number of nitrogens with one attached hydrogen (secondary N) is 1. The lowest BCUT2D eigenvalue weighted by atomic mass is 10.0. The van der Waals surface area contributed by atoms with Gasteiger partial charge in [0.05, 0.1) is 12.0 Å². The zero-order valence-electron chi connectivity index (χ0n) is 12.5. The molecule has 5 heteroatoms. The number of rotatable bonds is 5. The van der Waals surface area contributed by atoms with Crippen molar-refractivity contribution in [1.29, 1.82) is 0 Å². The molecule has 1 aliphatic rings. The van der Waals surface area contributed by atoms with E-state index in [9.17, 15) is 9.59 Å². The van der Waals surface area contributed by atoms with Crippen LogP contribution in [0.1, 0.15) is 34.0 Å². The smallest absolute Gasteiger partial charge is 0.339 e. The first-order valence-electron chi connectivity index (χ1n) is 7.47. The van der Waals surface area contributed by atoms with Crippen molar-refractivity contribution in [2.45, 2.75) is 18.9 Å². The van der Waals surface area contributed by atoms with E-state index in [1.165, 1.54) is 0 Å². The molecule has 5 nitrogen and oxygen atoms in total.